The van der Waals surface area contributed by atoms with Crippen LogP contribution in [-0.4, -0.2) is 36.6 Å². The van der Waals surface area contributed by atoms with Gasteiger partial charge in [-0.25, -0.2) is 4.79 Å². The van der Waals surface area contributed by atoms with Gasteiger partial charge in [0.25, 0.3) is 5.17 Å². The highest BCUT2D eigenvalue weighted by Gasteiger charge is 2.17. The highest BCUT2D eigenvalue weighted by atomic mass is 35.5. The van der Waals surface area contributed by atoms with Crippen molar-refractivity contribution in [2.75, 3.05) is 18.5 Å². The standard InChI is InChI=1S/C16H20ClNO4S/c1-10(2)22-15(19)13-8-11(5-6-14(13)17)18-16(23)21-9-12-4-3-7-20-12/h5-6,8,10,12H,3-4,7,9H2,1-2H3,(H,18,23). The van der Waals surface area contributed by atoms with Crippen molar-refractivity contribution < 1.29 is 19.0 Å². The fourth-order valence-corrected chi connectivity index (χ4v) is 2.52. The lowest BCUT2D eigenvalue weighted by Gasteiger charge is -2.14. The van der Waals surface area contributed by atoms with Gasteiger partial charge in [-0.3, -0.25) is 0 Å². The van der Waals surface area contributed by atoms with E-state index in [-0.39, 0.29) is 22.9 Å². The minimum Gasteiger partial charge on any atom is -0.468 e. The lowest BCUT2D eigenvalue weighted by atomic mass is 10.2. The third kappa shape index (κ3) is 5.64. The zero-order valence-corrected chi connectivity index (χ0v) is 14.7. The first-order valence-corrected chi connectivity index (χ1v) is 8.30. The van der Waals surface area contributed by atoms with Crippen LogP contribution >= 0.6 is 23.8 Å². The fourth-order valence-electron chi connectivity index (χ4n) is 2.14. The molecule has 0 aliphatic carbocycles. The molecule has 1 fully saturated rings. The second-order valence-corrected chi connectivity index (χ2v) is 6.29. The average Bonchev–Trinajstić information content (AvgIpc) is 2.99. The third-order valence-electron chi connectivity index (χ3n) is 3.20. The first-order valence-electron chi connectivity index (χ1n) is 7.51. The first-order chi connectivity index (χ1) is 11.0. The molecule has 2 rings (SSSR count). The number of anilines is 1. The zero-order valence-electron chi connectivity index (χ0n) is 13.1. The van der Waals surface area contributed by atoms with Crippen LogP contribution in [0.1, 0.15) is 37.0 Å². The van der Waals surface area contributed by atoms with Gasteiger partial charge in [-0.1, -0.05) is 11.6 Å². The maximum atomic E-state index is 12.0. The lowest BCUT2D eigenvalue weighted by Crippen LogP contribution is -2.21. The smallest absolute Gasteiger partial charge is 0.339 e. The molecular weight excluding hydrogens is 338 g/mol. The second kappa shape index (κ2) is 8.47. The molecule has 1 aliphatic heterocycles. The Hall–Kier alpha value is -1.37. The molecule has 1 heterocycles. The average molecular weight is 358 g/mol. The molecular formula is C16H20ClNO4S. The van der Waals surface area contributed by atoms with Crippen LogP contribution in [-0.2, 0) is 14.2 Å². The van der Waals surface area contributed by atoms with Gasteiger partial charge >= 0.3 is 5.97 Å². The van der Waals surface area contributed by atoms with Crippen LogP contribution in [0.25, 0.3) is 0 Å². The van der Waals surface area contributed by atoms with E-state index in [0.717, 1.165) is 19.4 Å². The van der Waals surface area contributed by atoms with E-state index in [2.05, 4.69) is 5.32 Å². The molecule has 1 N–H and O–H groups in total. The Labute approximate surface area is 146 Å². The van der Waals surface area contributed by atoms with E-state index in [1.54, 1.807) is 32.0 Å². The number of hydrogen-bond acceptors (Lipinski definition) is 5. The number of ether oxygens (including phenoxy) is 3. The molecule has 0 saturated carbocycles. The van der Waals surface area contributed by atoms with Gasteiger partial charge in [0.2, 0.25) is 0 Å². The molecule has 0 aromatic heterocycles. The molecule has 1 aliphatic rings. The Bertz CT molecular complexity index is 573. The normalized spacial score (nSPS) is 17.1. The van der Waals surface area contributed by atoms with Crippen molar-refractivity contribution in [3.63, 3.8) is 0 Å². The van der Waals surface area contributed by atoms with Crippen molar-refractivity contribution >= 4 is 40.7 Å². The molecule has 0 amide bonds. The van der Waals surface area contributed by atoms with E-state index in [0.29, 0.717) is 17.3 Å². The molecule has 1 saturated heterocycles. The van der Waals surface area contributed by atoms with Gasteiger partial charge < -0.3 is 19.5 Å². The van der Waals surface area contributed by atoms with Crippen LogP contribution in [0.3, 0.4) is 0 Å². The Morgan fingerprint density at radius 3 is 2.96 bits per heavy atom. The Morgan fingerprint density at radius 1 is 1.52 bits per heavy atom. The minimum absolute atomic E-state index is 0.0940. The summed E-state index contributed by atoms with van der Waals surface area (Å²) in [6, 6.07) is 4.93. The van der Waals surface area contributed by atoms with Gasteiger partial charge in [0.05, 0.1) is 22.8 Å². The maximum Gasteiger partial charge on any atom is 0.339 e. The molecule has 1 atom stereocenters. The summed E-state index contributed by atoms with van der Waals surface area (Å²) in [5.74, 6) is -0.472. The monoisotopic (exact) mass is 357 g/mol. The van der Waals surface area contributed by atoms with Gasteiger partial charge in [0.15, 0.2) is 0 Å². The van der Waals surface area contributed by atoms with Crippen molar-refractivity contribution in [2.24, 2.45) is 0 Å². The molecule has 0 spiro atoms. The quantitative estimate of drug-likeness (QED) is 0.639. The predicted octanol–water partition coefficient (Wildman–Crippen LogP) is 3.80. The van der Waals surface area contributed by atoms with Crippen LogP contribution in [0, 0.1) is 0 Å². The van der Waals surface area contributed by atoms with Crippen molar-refractivity contribution in [3.05, 3.63) is 28.8 Å². The number of rotatable bonds is 5. The van der Waals surface area contributed by atoms with E-state index >= 15 is 0 Å². The summed E-state index contributed by atoms with van der Waals surface area (Å²) in [7, 11) is 0. The second-order valence-electron chi connectivity index (χ2n) is 5.51. The number of nitrogens with one attached hydrogen (secondary N) is 1. The number of benzene rings is 1. The van der Waals surface area contributed by atoms with E-state index in [1.807, 2.05) is 0 Å². The van der Waals surface area contributed by atoms with Crippen molar-refractivity contribution in [3.8, 4) is 0 Å². The maximum absolute atomic E-state index is 12.0. The van der Waals surface area contributed by atoms with Crippen molar-refractivity contribution in [2.45, 2.75) is 38.9 Å². The van der Waals surface area contributed by atoms with E-state index in [1.165, 1.54) is 0 Å². The van der Waals surface area contributed by atoms with Crippen LogP contribution in [0.2, 0.25) is 5.02 Å². The number of carbonyl (C=O) groups is 1. The zero-order chi connectivity index (χ0) is 16.8. The molecule has 1 aromatic rings. The molecule has 7 heteroatoms. The predicted molar refractivity (Wildman–Crippen MR) is 93.2 cm³/mol. The number of hydrogen-bond donors (Lipinski definition) is 1. The molecule has 1 unspecified atom stereocenters. The molecule has 0 radical (unpaired) electrons. The minimum atomic E-state index is -0.472. The number of halogens is 1. The Balaban J connectivity index is 1.94. The summed E-state index contributed by atoms with van der Waals surface area (Å²) >= 11 is 11.2. The van der Waals surface area contributed by atoms with Crippen LogP contribution < -0.4 is 5.32 Å². The van der Waals surface area contributed by atoms with E-state index in [4.69, 9.17) is 38.0 Å². The molecule has 0 bridgehead atoms. The number of thiocarbonyl (C=S) groups is 1. The molecule has 126 valence electrons. The molecule has 23 heavy (non-hydrogen) atoms. The number of esters is 1. The summed E-state index contributed by atoms with van der Waals surface area (Å²) in [4.78, 5) is 12.0. The first kappa shape index (κ1) is 18.0. The van der Waals surface area contributed by atoms with E-state index < -0.39 is 5.97 Å². The van der Waals surface area contributed by atoms with Crippen LogP contribution in [0.4, 0.5) is 5.69 Å². The molecule has 5 nitrogen and oxygen atoms in total. The summed E-state index contributed by atoms with van der Waals surface area (Å²) in [6.07, 6.45) is 1.91. The Kier molecular flexibility index (Phi) is 6.62. The highest BCUT2D eigenvalue weighted by Crippen LogP contribution is 2.22. The SMILES string of the molecule is CC(C)OC(=O)c1cc(NC(=S)OCC2CCCO2)ccc1Cl. The lowest BCUT2D eigenvalue weighted by molar-refractivity contribution is 0.0378. The topological polar surface area (TPSA) is 56.8 Å². The van der Waals surface area contributed by atoms with Gasteiger partial charge in [-0.05, 0) is 57.1 Å². The Morgan fingerprint density at radius 2 is 2.30 bits per heavy atom. The van der Waals surface area contributed by atoms with Gasteiger partial charge in [0.1, 0.15) is 6.61 Å². The van der Waals surface area contributed by atoms with Crippen LogP contribution in [0.15, 0.2) is 18.2 Å². The van der Waals surface area contributed by atoms with Crippen molar-refractivity contribution in [1.29, 1.82) is 0 Å². The van der Waals surface area contributed by atoms with Crippen LogP contribution in [0.5, 0.6) is 0 Å². The third-order valence-corrected chi connectivity index (χ3v) is 3.75. The summed E-state index contributed by atoms with van der Waals surface area (Å²) in [6.45, 7) is 4.75. The highest BCUT2D eigenvalue weighted by molar-refractivity contribution is 7.80. The largest absolute Gasteiger partial charge is 0.468 e. The van der Waals surface area contributed by atoms with Gasteiger partial charge in [-0.2, -0.15) is 0 Å². The molecule has 1 aromatic carbocycles. The fraction of sp³-hybridized carbons (Fsp3) is 0.500. The van der Waals surface area contributed by atoms with E-state index in [9.17, 15) is 4.79 Å². The number of carbonyl (C=O) groups excluding carboxylic acids is 1. The van der Waals surface area contributed by atoms with Crippen molar-refractivity contribution in [1.82, 2.24) is 0 Å². The van der Waals surface area contributed by atoms with Gasteiger partial charge in [-0.15, -0.1) is 0 Å². The van der Waals surface area contributed by atoms with Gasteiger partial charge in [0, 0.05) is 12.3 Å². The summed E-state index contributed by atoms with van der Waals surface area (Å²) < 4.78 is 16.1. The summed E-state index contributed by atoms with van der Waals surface area (Å²) in [5.41, 5.74) is 0.898. The summed E-state index contributed by atoms with van der Waals surface area (Å²) in [5, 5.41) is 3.48.